The Balaban J connectivity index is 3.07. The van der Waals surface area contributed by atoms with E-state index in [1.165, 1.54) is 0 Å². The molecule has 0 bridgehead atoms. The average molecular weight is 347 g/mol. The van der Waals surface area contributed by atoms with E-state index >= 15 is 0 Å². The van der Waals surface area contributed by atoms with Crippen LogP contribution >= 0.6 is 15.9 Å². The van der Waals surface area contributed by atoms with E-state index in [0.29, 0.717) is 6.07 Å². The SMILES string of the molecule is O=C(CBr)Cc1cc(OC(F)(F)F)cc(C(F)F)c1. The van der Waals surface area contributed by atoms with E-state index in [1.54, 1.807) is 0 Å². The predicted octanol–water partition coefficient (Wildman–Crippen LogP) is 4.03. The van der Waals surface area contributed by atoms with Crippen molar-refractivity contribution in [2.24, 2.45) is 0 Å². The van der Waals surface area contributed by atoms with Crippen LogP contribution < -0.4 is 4.74 Å². The molecular formula is C11H8BrF5O2. The van der Waals surface area contributed by atoms with Gasteiger partial charge in [-0.1, -0.05) is 15.9 Å². The highest BCUT2D eigenvalue weighted by atomic mass is 79.9. The molecule has 0 aromatic heterocycles. The van der Waals surface area contributed by atoms with Gasteiger partial charge in [0.15, 0.2) is 0 Å². The van der Waals surface area contributed by atoms with E-state index in [2.05, 4.69) is 20.7 Å². The Bertz CT molecular complexity index is 459. The van der Waals surface area contributed by atoms with Gasteiger partial charge in [-0.15, -0.1) is 13.2 Å². The number of alkyl halides is 6. The summed E-state index contributed by atoms with van der Waals surface area (Å²) in [5.74, 6) is -1.10. The molecule has 0 spiro atoms. The molecule has 0 N–H and O–H groups in total. The van der Waals surface area contributed by atoms with Gasteiger partial charge in [0.25, 0.3) is 6.43 Å². The summed E-state index contributed by atoms with van der Waals surface area (Å²) in [7, 11) is 0. The molecule has 0 saturated carbocycles. The molecule has 8 heteroatoms. The summed E-state index contributed by atoms with van der Waals surface area (Å²) in [4.78, 5) is 11.2. The number of hydrogen-bond donors (Lipinski definition) is 0. The second-order valence-electron chi connectivity index (χ2n) is 3.61. The third kappa shape index (κ3) is 5.54. The van der Waals surface area contributed by atoms with E-state index in [4.69, 9.17) is 0 Å². The lowest BCUT2D eigenvalue weighted by atomic mass is 10.1. The van der Waals surface area contributed by atoms with Gasteiger partial charge in [0.05, 0.1) is 5.33 Å². The van der Waals surface area contributed by atoms with E-state index < -0.39 is 24.1 Å². The molecule has 0 heterocycles. The van der Waals surface area contributed by atoms with Crippen LogP contribution in [0.25, 0.3) is 0 Å². The number of ether oxygens (including phenoxy) is 1. The minimum atomic E-state index is -4.97. The Morgan fingerprint density at radius 2 is 1.89 bits per heavy atom. The van der Waals surface area contributed by atoms with Gasteiger partial charge in [-0.3, -0.25) is 4.79 Å². The third-order valence-electron chi connectivity index (χ3n) is 2.02. The maximum atomic E-state index is 12.5. The lowest BCUT2D eigenvalue weighted by Crippen LogP contribution is -2.17. The molecule has 0 atom stereocenters. The Hall–Kier alpha value is -1.18. The third-order valence-corrected chi connectivity index (χ3v) is 2.65. The van der Waals surface area contributed by atoms with Gasteiger partial charge in [0.2, 0.25) is 0 Å². The number of halogens is 6. The zero-order valence-corrected chi connectivity index (χ0v) is 10.9. The molecule has 106 valence electrons. The van der Waals surface area contributed by atoms with Gasteiger partial charge in [0, 0.05) is 12.0 Å². The summed E-state index contributed by atoms with van der Waals surface area (Å²) in [6.07, 6.45) is -8.17. The van der Waals surface area contributed by atoms with Crippen LogP contribution in [0.15, 0.2) is 18.2 Å². The summed E-state index contributed by atoms with van der Waals surface area (Å²) >= 11 is 2.88. The van der Waals surface area contributed by atoms with Crippen LogP contribution in [-0.2, 0) is 11.2 Å². The van der Waals surface area contributed by atoms with Crippen molar-refractivity contribution in [3.8, 4) is 5.75 Å². The Kier molecular flexibility index (Phi) is 5.28. The fourth-order valence-corrected chi connectivity index (χ4v) is 1.58. The van der Waals surface area contributed by atoms with Crippen LogP contribution in [-0.4, -0.2) is 17.5 Å². The van der Waals surface area contributed by atoms with Crippen LogP contribution in [0.2, 0.25) is 0 Å². The number of rotatable bonds is 5. The first kappa shape index (κ1) is 15.9. The summed E-state index contributed by atoms with van der Waals surface area (Å²) in [6, 6.07) is 2.49. The summed E-state index contributed by atoms with van der Waals surface area (Å²) in [5, 5.41) is -0.0125. The molecule has 0 aliphatic heterocycles. The van der Waals surface area contributed by atoms with Crippen molar-refractivity contribution < 1.29 is 31.5 Å². The number of ketones is 1. The molecule has 0 radical (unpaired) electrons. The lowest BCUT2D eigenvalue weighted by Gasteiger charge is -2.12. The van der Waals surface area contributed by atoms with Gasteiger partial charge >= 0.3 is 6.36 Å². The molecule has 1 aromatic carbocycles. The highest BCUT2D eigenvalue weighted by Gasteiger charge is 2.31. The molecule has 1 rings (SSSR count). The van der Waals surface area contributed by atoms with E-state index in [9.17, 15) is 26.7 Å². The lowest BCUT2D eigenvalue weighted by molar-refractivity contribution is -0.274. The van der Waals surface area contributed by atoms with Crippen LogP contribution in [0.5, 0.6) is 5.75 Å². The highest BCUT2D eigenvalue weighted by molar-refractivity contribution is 9.09. The van der Waals surface area contributed by atoms with Crippen molar-refractivity contribution in [1.82, 2.24) is 0 Å². The number of carbonyl (C=O) groups excluding carboxylic acids is 1. The molecule has 0 aliphatic carbocycles. The Labute approximate surface area is 113 Å². The first-order valence-electron chi connectivity index (χ1n) is 4.96. The Morgan fingerprint density at radius 1 is 1.26 bits per heavy atom. The zero-order chi connectivity index (χ0) is 14.6. The summed E-state index contributed by atoms with van der Waals surface area (Å²) in [5.41, 5.74) is -0.583. The van der Waals surface area contributed by atoms with E-state index in [-0.39, 0.29) is 23.1 Å². The smallest absolute Gasteiger partial charge is 0.406 e. The molecule has 0 amide bonds. The van der Waals surface area contributed by atoms with Crippen LogP contribution in [0.4, 0.5) is 22.0 Å². The average Bonchev–Trinajstić information content (AvgIpc) is 2.25. The zero-order valence-electron chi connectivity index (χ0n) is 9.31. The number of carbonyl (C=O) groups is 1. The fourth-order valence-electron chi connectivity index (χ4n) is 1.38. The van der Waals surface area contributed by atoms with Crippen LogP contribution in [0.1, 0.15) is 17.6 Å². The van der Waals surface area contributed by atoms with Crippen molar-refractivity contribution in [1.29, 1.82) is 0 Å². The standard InChI is InChI=1S/C11H8BrF5O2/c12-5-8(18)2-6-1-7(10(13)14)4-9(3-6)19-11(15,16)17/h1,3-4,10H,2,5H2. The van der Waals surface area contributed by atoms with Gasteiger partial charge in [-0.05, 0) is 23.8 Å². The molecule has 0 saturated heterocycles. The monoisotopic (exact) mass is 346 g/mol. The minimum absolute atomic E-state index is 0.0125. The van der Waals surface area contributed by atoms with Crippen LogP contribution in [0.3, 0.4) is 0 Å². The second-order valence-corrected chi connectivity index (χ2v) is 4.17. The minimum Gasteiger partial charge on any atom is -0.406 e. The van der Waals surface area contributed by atoms with Crippen molar-refractivity contribution in [3.63, 3.8) is 0 Å². The van der Waals surface area contributed by atoms with Gasteiger partial charge < -0.3 is 4.74 Å². The molecule has 0 unspecified atom stereocenters. The highest BCUT2D eigenvalue weighted by Crippen LogP contribution is 2.29. The number of benzene rings is 1. The van der Waals surface area contributed by atoms with Crippen LogP contribution in [0, 0.1) is 0 Å². The van der Waals surface area contributed by atoms with E-state index in [0.717, 1.165) is 12.1 Å². The number of hydrogen-bond acceptors (Lipinski definition) is 2. The first-order valence-corrected chi connectivity index (χ1v) is 6.09. The maximum Gasteiger partial charge on any atom is 0.573 e. The molecule has 1 aromatic rings. The summed E-state index contributed by atoms with van der Waals surface area (Å²) < 4.78 is 64.8. The van der Waals surface area contributed by atoms with Crippen molar-refractivity contribution >= 4 is 21.7 Å². The number of Topliss-reactive ketones (excluding diaryl/α,β-unsaturated/α-hetero) is 1. The fraction of sp³-hybridized carbons (Fsp3) is 0.364. The van der Waals surface area contributed by atoms with Gasteiger partial charge in [-0.25, -0.2) is 8.78 Å². The second kappa shape index (κ2) is 6.31. The molecule has 2 nitrogen and oxygen atoms in total. The largest absolute Gasteiger partial charge is 0.573 e. The van der Waals surface area contributed by atoms with Gasteiger partial charge in [0.1, 0.15) is 11.5 Å². The normalized spacial score (nSPS) is 11.7. The van der Waals surface area contributed by atoms with Crippen molar-refractivity contribution in [2.45, 2.75) is 19.2 Å². The maximum absolute atomic E-state index is 12.5. The first-order chi connectivity index (χ1) is 8.71. The topological polar surface area (TPSA) is 26.3 Å². The molecule has 0 fully saturated rings. The summed E-state index contributed by atoms with van der Waals surface area (Å²) in [6.45, 7) is 0. The van der Waals surface area contributed by atoms with Crippen molar-refractivity contribution in [3.05, 3.63) is 29.3 Å². The van der Waals surface area contributed by atoms with E-state index in [1.807, 2.05) is 0 Å². The van der Waals surface area contributed by atoms with Gasteiger partial charge in [-0.2, -0.15) is 0 Å². The quantitative estimate of drug-likeness (QED) is 0.594. The molecular weight excluding hydrogens is 339 g/mol. The predicted molar refractivity (Wildman–Crippen MR) is 60.6 cm³/mol. The van der Waals surface area contributed by atoms with Crippen molar-refractivity contribution in [2.75, 3.05) is 5.33 Å². The molecule has 19 heavy (non-hydrogen) atoms. The molecule has 0 aliphatic rings. The Morgan fingerprint density at radius 3 is 2.37 bits per heavy atom.